The first-order valence-corrected chi connectivity index (χ1v) is 5.72. The highest BCUT2D eigenvalue weighted by Gasteiger charge is 2.39. The van der Waals surface area contributed by atoms with E-state index in [4.69, 9.17) is 21.1 Å². The van der Waals surface area contributed by atoms with Crippen LogP contribution in [0.1, 0.15) is 13.3 Å². The largest absolute Gasteiger partial charge is 0.450 e. The number of alkyl halides is 1. The lowest BCUT2D eigenvalue weighted by Crippen LogP contribution is -2.41. The second kappa shape index (κ2) is 6.06. The third kappa shape index (κ3) is 2.86. The molecule has 6 heteroatoms. The van der Waals surface area contributed by atoms with Crippen LogP contribution >= 0.6 is 11.6 Å². The van der Waals surface area contributed by atoms with E-state index >= 15 is 0 Å². The Kier molecular flexibility index (Phi) is 5.02. The molecule has 1 saturated heterocycles. The van der Waals surface area contributed by atoms with Gasteiger partial charge in [0.2, 0.25) is 0 Å². The summed E-state index contributed by atoms with van der Waals surface area (Å²) in [5.74, 6) is -0.272. The smallest absolute Gasteiger partial charge is 0.410 e. The number of methoxy groups -OCH3 is 1. The Morgan fingerprint density at radius 1 is 1.50 bits per heavy atom. The molecule has 0 radical (unpaired) electrons. The number of ether oxygens (including phenoxy) is 2. The van der Waals surface area contributed by atoms with Crippen molar-refractivity contribution >= 4 is 23.5 Å². The number of amides is 1. The SMILES string of the molecule is CCOC(=O)N1CC(OC)CC1C(=O)CCl. The van der Waals surface area contributed by atoms with E-state index in [1.54, 1.807) is 14.0 Å². The van der Waals surface area contributed by atoms with Crippen molar-refractivity contribution in [1.29, 1.82) is 0 Å². The lowest BCUT2D eigenvalue weighted by atomic mass is 10.1. The van der Waals surface area contributed by atoms with Crippen LogP contribution in [-0.2, 0) is 14.3 Å². The molecule has 16 heavy (non-hydrogen) atoms. The highest BCUT2D eigenvalue weighted by atomic mass is 35.5. The van der Waals surface area contributed by atoms with Gasteiger partial charge in [0.15, 0.2) is 5.78 Å². The molecule has 1 heterocycles. The van der Waals surface area contributed by atoms with E-state index in [9.17, 15) is 9.59 Å². The minimum absolute atomic E-state index is 0.100. The Balaban J connectivity index is 2.71. The summed E-state index contributed by atoms with van der Waals surface area (Å²) >= 11 is 5.50. The summed E-state index contributed by atoms with van der Waals surface area (Å²) in [6.07, 6.45) is -0.118. The number of carbonyl (C=O) groups excluding carboxylic acids is 2. The summed E-state index contributed by atoms with van der Waals surface area (Å²) in [5.41, 5.74) is 0. The maximum absolute atomic E-state index is 11.6. The summed E-state index contributed by atoms with van der Waals surface area (Å²) < 4.78 is 10.0. The topological polar surface area (TPSA) is 55.8 Å². The van der Waals surface area contributed by atoms with Crippen LogP contribution in [0.5, 0.6) is 0 Å². The van der Waals surface area contributed by atoms with Gasteiger partial charge >= 0.3 is 6.09 Å². The molecule has 1 rings (SSSR count). The maximum Gasteiger partial charge on any atom is 0.410 e. The molecule has 0 N–H and O–H groups in total. The number of hydrogen-bond donors (Lipinski definition) is 0. The summed E-state index contributed by atoms with van der Waals surface area (Å²) in [5, 5.41) is 0. The number of hydrogen-bond acceptors (Lipinski definition) is 4. The van der Waals surface area contributed by atoms with E-state index in [1.165, 1.54) is 4.90 Å². The summed E-state index contributed by atoms with van der Waals surface area (Å²) in [4.78, 5) is 24.5. The number of carbonyl (C=O) groups is 2. The van der Waals surface area contributed by atoms with Gasteiger partial charge < -0.3 is 9.47 Å². The Morgan fingerprint density at radius 3 is 2.69 bits per heavy atom. The maximum atomic E-state index is 11.6. The third-order valence-electron chi connectivity index (χ3n) is 2.60. The van der Waals surface area contributed by atoms with E-state index < -0.39 is 12.1 Å². The molecule has 1 aliphatic heterocycles. The highest BCUT2D eigenvalue weighted by Crippen LogP contribution is 2.22. The normalized spacial score (nSPS) is 24.6. The molecule has 0 aromatic rings. The molecule has 0 aromatic carbocycles. The van der Waals surface area contributed by atoms with Crippen LogP contribution in [0.4, 0.5) is 4.79 Å². The molecule has 1 fully saturated rings. The van der Waals surface area contributed by atoms with Gasteiger partial charge in [-0.2, -0.15) is 0 Å². The van der Waals surface area contributed by atoms with Crippen LogP contribution in [-0.4, -0.2) is 55.1 Å². The van der Waals surface area contributed by atoms with Crippen LogP contribution in [0.15, 0.2) is 0 Å². The lowest BCUT2D eigenvalue weighted by Gasteiger charge is -2.21. The number of nitrogens with zero attached hydrogens (tertiary/aromatic N) is 1. The average Bonchev–Trinajstić information content (AvgIpc) is 2.72. The molecule has 1 aliphatic rings. The van der Waals surface area contributed by atoms with E-state index in [2.05, 4.69) is 0 Å². The lowest BCUT2D eigenvalue weighted by molar-refractivity contribution is -0.120. The van der Waals surface area contributed by atoms with E-state index in [0.717, 1.165) is 0 Å². The van der Waals surface area contributed by atoms with Gasteiger partial charge in [0.1, 0.15) is 0 Å². The van der Waals surface area contributed by atoms with Gasteiger partial charge in [0.25, 0.3) is 0 Å². The Hall–Kier alpha value is -0.810. The van der Waals surface area contributed by atoms with Gasteiger partial charge in [-0.15, -0.1) is 11.6 Å². The number of rotatable bonds is 4. The van der Waals surface area contributed by atoms with Crippen molar-refractivity contribution in [3.05, 3.63) is 0 Å². The zero-order chi connectivity index (χ0) is 12.1. The molecular weight excluding hydrogens is 234 g/mol. The Labute approximate surface area is 99.6 Å². The number of halogens is 1. The molecular formula is C10H16ClNO4. The van der Waals surface area contributed by atoms with E-state index in [1.807, 2.05) is 0 Å². The van der Waals surface area contributed by atoms with Crippen molar-refractivity contribution in [3.8, 4) is 0 Å². The van der Waals surface area contributed by atoms with Crippen molar-refractivity contribution in [1.82, 2.24) is 4.90 Å². The average molecular weight is 250 g/mol. The fraction of sp³-hybridized carbons (Fsp3) is 0.800. The first kappa shape index (κ1) is 13.3. The summed E-state index contributed by atoms with van der Waals surface area (Å²) in [6.45, 7) is 2.39. The van der Waals surface area contributed by atoms with Crippen molar-refractivity contribution in [2.24, 2.45) is 0 Å². The third-order valence-corrected chi connectivity index (χ3v) is 2.87. The standard InChI is InChI=1S/C10H16ClNO4/c1-3-16-10(14)12-6-7(15-2)4-8(12)9(13)5-11/h7-8H,3-6H2,1-2H3. The second-order valence-corrected chi connectivity index (χ2v) is 3.83. The van der Waals surface area contributed by atoms with Crippen LogP contribution in [0.2, 0.25) is 0 Å². The fourth-order valence-electron chi connectivity index (χ4n) is 1.77. The summed E-state index contributed by atoms with van der Waals surface area (Å²) in [6, 6.07) is -0.513. The summed E-state index contributed by atoms with van der Waals surface area (Å²) in [7, 11) is 1.56. The second-order valence-electron chi connectivity index (χ2n) is 3.56. The van der Waals surface area contributed by atoms with Gasteiger partial charge in [-0.3, -0.25) is 9.69 Å². The van der Waals surface area contributed by atoms with E-state index in [0.29, 0.717) is 13.0 Å². The van der Waals surface area contributed by atoms with E-state index in [-0.39, 0.29) is 24.4 Å². The molecule has 2 unspecified atom stereocenters. The molecule has 5 nitrogen and oxygen atoms in total. The van der Waals surface area contributed by atoms with Crippen molar-refractivity contribution < 1.29 is 19.1 Å². The minimum Gasteiger partial charge on any atom is -0.450 e. The zero-order valence-corrected chi connectivity index (χ0v) is 10.2. The fourth-order valence-corrected chi connectivity index (χ4v) is 1.95. The predicted octanol–water partition coefficient (Wildman–Crippen LogP) is 1.04. The van der Waals surface area contributed by atoms with Crippen LogP contribution in [0, 0.1) is 0 Å². The molecule has 0 aliphatic carbocycles. The molecule has 0 aromatic heterocycles. The number of Topliss-reactive ketones (excluding diaryl/α,β-unsaturated/α-hetero) is 1. The molecule has 0 bridgehead atoms. The van der Waals surface area contributed by atoms with Crippen molar-refractivity contribution in [2.75, 3.05) is 26.1 Å². The first-order chi connectivity index (χ1) is 7.63. The van der Waals surface area contributed by atoms with Gasteiger partial charge in [0.05, 0.1) is 31.2 Å². The monoisotopic (exact) mass is 249 g/mol. The Morgan fingerprint density at radius 2 is 2.19 bits per heavy atom. The zero-order valence-electron chi connectivity index (χ0n) is 9.44. The molecule has 0 saturated carbocycles. The van der Waals surface area contributed by atoms with Gasteiger partial charge in [-0.25, -0.2) is 4.79 Å². The minimum atomic E-state index is -0.513. The number of likely N-dealkylation sites (tertiary alicyclic amines) is 1. The van der Waals surface area contributed by atoms with Crippen LogP contribution < -0.4 is 0 Å². The molecule has 2 atom stereocenters. The molecule has 1 amide bonds. The van der Waals surface area contributed by atoms with Crippen molar-refractivity contribution in [3.63, 3.8) is 0 Å². The van der Waals surface area contributed by atoms with Crippen LogP contribution in [0.3, 0.4) is 0 Å². The number of ketones is 1. The highest BCUT2D eigenvalue weighted by molar-refractivity contribution is 6.28. The van der Waals surface area contributed by atoms with Gasteiger partial charge in [-0.05, 0) is 6.92 Å². The quantitative estimate of drug-likeness (QED) is 0.699. The van der Waals surface area contributed by atoms with Gasteiger partial charge in [-0.1, -0.05) is 0 Å². The van der Waals surface area contributed by atoms with Crippen LogP contribution in [0.25, 0.3) is 0 Å². The Bertz CT molecular complexity index is 272. The molecule has 0 spiro atoms. The van der Waals surface area contributed by atoms with Crippen molar-refractivity contribution in [2.45, 2.75) is 25.5 Å². The molecule has 92 valence electrons. The first-order valence-electron chi connectivity index (χ1n) is 5.18. The van der Waals surface area contributed by atoms with Gasteiger partial charge in [0, 0.05) is 13.5 Å². The predicted molar refractivity (Wildman–Crippen MR) is 58.7 cm³/mol.